The van der Waals surface area contributed by atoms with Gasteiger partial charge in [-0.3, -0.25) is 0 Å². The minimum absolute atomic E-state index is 0.102. The summed E-state index contributed by atoms with van der Waals surface area (Å²) < 4.78 is 5.85. The first-order valence-corrected chi connectivity index (χ1v) is 5.69. The van der Waals surface area contributed by atoms with Crippen LogP contribution in [0.25, 0.3) is 11.1 Å². The van der Waals surface area contributed by atoms with Crippen LogP contribution >= 0.6 is 11.6 Å². The molecule has 0 bridgehead atoms. The molecule has 2 aromatic rings. The molecule has 1 aliphatic rings. The monoisotopic (exact) mass is 230 g/mol. The van der Waals surface area contributed by atoms with Crippen LogP contribution in [0.1, 0.15) is 18.6 Å². The highest BCUT2D eigenvalue weighted by atomic mass is 35.5. The number of benzene rings is 2. The van der Waals surface area contributed by atoms with Gasteiger partial charge in [-0.25, -0.2) is 0 Å². The van der Waals surface area contributed by atoms with Crippen LogP contribution in [0.4, 0.5) is 0 Å². The lowest BCUT2D eigenvalue weighted by Gasteiger charge is -2.26. The van der Waals surface area contributed by atoms with Gasteiger partial charge in [0.15, 0.2) is 0 Å². The predicted octanol–water partition coefficient (Wildman–Crippen LogP) is 4.46. The van der Waals surface area contributed by atoms with Gasteiger partial charge in [0, 0.05) is 16.1 Å². The van der Waals surface area contributed by atoms with E-state index < -0.39 is 0 Å². The van der Waals surface area contributed by atoms with Gasteiger partial charge in [0.2, 0.25) is 0 Å². The fourth-order valence-corrected chi connectivity index (χ4v) is 2.34. The smallest absolute Gasteiger partial charge is 0.128 e. The van der Waals surface area contributed by atoms with Gasteiger partial charge in [0.1, 0.15) is 11.9 Å². The van der Waals surface area contributed by atoms with E-state index in [9.17, 15) is 0 Å². The summed E-state index contributed by atoms with van der Waals surface area (Å²) in [7, 11) is 0. The molecule has 80 valence electrons. The Hall–Kier alpha value is -1.47. The maximum atomic E-state index is 6.02. The Kier molecular flexibility index (Phi) is 2.15. The van der Waals surface area contributed by atoms with Crippen LogP contribution in [0.5, 0.6) is 5.75 Å². The van der Waals surface area contributed by atoms with Crippen molar-refractivity contribution in [3.63, 3.8) is 0 Å². The molecule has 0 saturated carbocycles. The zero-order valence-electron chi connectivity index (χ0n) is 8.91. The number of hydrogen-bond acceptors (Lipinski definition) is 1. The molecule has 2 aromatic carbocycles. The molecule has 16 heavy (non-hydrogen) atoms. The van der Waals surface area contributed by atoms with Crippen LogP contribution in [0.2, 0.25) is 5.02 Å². The minimum atomic E-state index is 0.102. The number of halogens is 1. The predicted molar refractivity (Wildman–Crippen MR) is 65.9 cm³/mol. The Morgan fingerprint density at radius 1 is 1.06 bits per heavy atom. The average Bonchev–Trinajstić information content (AvgIpc) is 2.31. The lowest BCUT2D eigenvalue weighted by molar-refractivity contribution is 0.223. The van der Waals surface area contributed by atoms with Crippen molar-refractivity contribution in [2.24, 2.45) is 0 Å². The van der Waals surface area contributed by atoms with Crippen molar-refractivity contribution in [2.45, 2.75) is 13.0 Å². The van der Waals surface area contributed by atoms with Gasteiger partial charge in [0.25, 0.3) is 0 Å². The summed E-state index contributed by atoms with van der Waals surface area (Å²) >= 11 is 6.02. The highest BCUT2D eigenvalue weighted by Crippen LogP contribution is 2.42. The highest BCUT2D eigenvalue weighted by Gasteiger charge is 2.22. The third kappa shape index (κ3) is 1.40. The largest absolute Gasteiger partial charge is 0.485 e. The average molecular weight is 231 g/mol. The van der Waals surface area contributed by atoms with Crippen molar-refractivity contribution in [1.82, 2.24) is 0 Å². The molecular weight excluding hydrogens is 220 g/mol. The molecule has 1 unspecified atom stereocenters. The fraction of sp³-hybridized carbons (Fsp3) is 0.143. The van der Waals surface area contributed by atoms with E-state index >= 15 is 0 Å². The standard InChI is InChI=1S/C14H11ClO/c1-9-11-4-2-3-5-12(11)13-8-10(15)6-7-14(13)16-9/h2-9H,1H3. The number of hydrogen-bond donors (Lipinski definition) is 0. The van der Waals surface area contributed by atoms with Gasteiger partial charge in [-0.15, -0.1) is 0 Å². The van der Waals surface area contributed by atoms with Crippen LogP contribution in [0.3, 0.4) is 0 Å². The number of ether oxygens (including phenoxy) is 1. The summed E-state index contributed by atoms with van der Waals surface area (Å²) in [6, 6.07) is 14.1. The van der Waals surface area contributed by atoms with Gasteiger partial charge in [-0.2, -0.15) is 0 Å². The minimum Gasteiger partial charge on any atom is -0.485 e. The van der Waals surface area contributed by atoms with Gasteiger partial charge in [0.05, 0.1) is 0 Å². The molecule has 0 saturated heterocycles. The van der Waals surface area contributed by atoms with Crippen molar-refractivity contribution in [2.75, 3.05) is 0 Å². The summed E-state index contributed by atoms with van der Waals surface area (Å²) in [6.45, 7) is 2.07. The van der Waals surface area contributed by atoms with E-state index in [4.69, 9.17) is 16.3 Å². The topological polar surface area (TPSA) is 9.23 Å². The number of rotatable bonds is 0. The lowest BCUT2D eigenvalue weighted by atomic mass is 9.93. The second kappa shape index (κ2) is 3.53. The maximum Gasteiger partial charge on any atom is 0.128 e. The second-order valence-electron chi connectivity index (χ2n) is 3.99. The Labute approximate surface area is 99.6 Å². The van der Waals surface area contributed by atoms with Crippen molar-refractivity contribution >= 4 is 11.6 Å². The second-order valence-corrected chi connectivity index (χ2v) is 4.42. The molecule has 1 nitrogen and oxygen atoms in total. The molecule has 3 rings (SSSR count). The molecule has 0 fully saturated rings. The van der Waals surface area contributed by atoms with Crippen molar-refractivity contribution in [3.05, 3.63) is 53.1 Å². The van der Waals surface area contributed by atoms with Gasteiger partial charge in [-0.05, 0) is 30.7 Å². The van der Waals surface area contributed by atoms with Gasteiger partial charge >= 0.3 is 0 Å². The maximum absolute atomic E-state index is 6.02. The first-order valence-electron chi connectivity index (χ1n) is 5.31. The lowest BCUT2D eigenvalue weighted by Crippen LogP contribution is -2.10. The summed E-state index contributed by atoms with van der Waals surface area (Å²) in [5.41, 5.74) is 3.53. The molecule has 0 radical (unpaired) electrons. The molecule has 0 amide bonds. The summed E-state index contributed by atoms with van der Waals surface area (Å²) in [6.07, 6.45) is 0.102. The normalized spacial score (nSPS) is 17.2. The van der Waals surface area contributed by atoms with Crippen molar-refractivity contribution < 1.29 is 4.74 Å². The molecule has 0 spiro atoms. The third-order valence-corrected chi connectivity index (χ3v) is 3.17. The molecular formula is C14H11ClO. The molecule has 0 aromatic heterocycles. The molecule has 0 aliphatic carbocycles. The zero-order valence-corrected chi connectivity index (χ0v) is 9.66. The Morgan fingerprint density at radius 3 is 2.75 bits per heavy atom. The van der Waals surface area contributed by atoms with Crippen LogP contribution in [0, 0.1) is 0 Å². The Balaban J connectivity index is 2.29. The van der Waals surface area contributed by atoms with E-state index in [1.54, 1.807) is 0 Å². The molecule has 1 heterocycles. The van der Waals surface area contributed by atoms with Crippen LogP contribution in [0.15, 0.2) is 42.5 Å². The van der Waals surface area contributed by atoms with E-state index in [-0.39, 0.29) is 6.10 Å². The Morgan fingerprint density at radius 2 is 1.88 bits per heavy atom. The van der Waals surface area contributed by atoms with Crippen LogP contribution < -0.4 is 4.74 Å². The molecule has 0 N–H and O–H groups in total. The fourth-order valence-electron chi connectivity index (χ4n) is 2.17. The van der Waals surface area contributed by atoms with E-state index in [0.29, 0.717) is 0 Å². The van der Waals surface area contributed by atoms with E-state index in [1.165, 1.54) is 11.1 Å². The Bertz CT molecular complexity index is 548. The molecule has 1 aliphatic heterocycles. The summed E-state index contributed by atoms with van der Waals surface area (Å²) in [5, 5.41) is 0.742. The van der Waals surface area contributed by atoms with Crippen LogP contribution in [-0.2, 0) is 0 Å². The van der Waals surface area contributed by atoms with E-state index in [1.807, 2.05) is 30.3 Å². The molecule has 1 atom stereocenters. The van der Waals surface area contributed by atoms with Crippen LogP contribution in [-0.4, -0.2) is 0 Å². The molecule has 2 heteroatoms. The van der Waals surface area contributed by atoms with E-state index in [0.717, 1.165) is 16.3 Å². The van der Waals surface area contributed by atoms with E-state index in [2.05, 4.69) is 19.1 Å². The van der Waals surface area contributed by atoms with Gasteiger partial charge < -0.3 is 4.74 Å². The third-order valence-electron chi connectivity index (χ3n) is 2.93. The summed E-state index contributed by atoms with van der Waals surface area (Å²) in [4.78, 5) is 0. The quantitative estimate of drug-likeness (QED) is 0.649. The first kappa shape index (κ1) is 9.73. The summed E-state index contributed by atoms with van der Waals surface area (Å²) in [5.74, 6) is 0.913. The zero-order chi connectivity index (χ0) is 11.1. The van der Waals surface area contributed by atoms with Crippen molar-refractivity contribution in [1.29, 1.82) is 0 Å². The highest BCUT2D eigenvalue weighted by molar-refractivity contribution is 6.31. The first-order chi connectivity index (χ1) is 7.75. The van der Waals surface area contributed by atoms with Crippen molar-refractivity contribution in [3.8, 4) is 16.9 Å². The number of fused-ring (bicyclic) bond motifs is 3. The van der Waals surface area contributed by atoms with Gasteiger partial charge in [-0.1, -0.05) is 35.9 Å². The SMILES string of the molecule is CC1Oc2ccc(Cl)cc2-c2ccccc21.